The first kappa shape index (κ1) is 15.8. The molecule has 0 bridgehead atoms. The first-order valence-electron chi connectivity index (χ1n) is 5.81. The average Bonchev–Trinajstić information content (AvgIpc) is 2.28. The number of aliphatic hydroxyl groups excluding tert-OH is 3. The van der Waals surface area contributed by atoms with Gasteiger partial charge < -0.3 is 26.0 Å². The van der Waals surface area contributed by atoms with Crippen molar-refractivity contribution in [2.45, 2.75) is 0 Å². The molecule has 0 fully saturated rings. The second-order valence-corrected chi connectivity index (χ2v) is 3.51. The van der Waals surface area contributed by atoms with Gasteiger partial charge in [0.25, 0.3) is 0 Å². The molecule has 0 atom stereocenters. The van der Waals surface area contributed by atoms with E-state index in [1.807, 2.05) is 4.90 Å². The zero-order valence-electron chi connectivity index (χ0n) is 9.86. The third-order valence-corrected chi connectivity index (χ3v) is 2.20. The van der Waals surface area contributed by atoms with Crippen LogP contribution in [0.25, 0.3) is 0 Å². The Labute approximate surface area is 97.3 Å². The summed E-state index contributed by atoms with van der Waals surface area (Å²) >= 11 is 0. The van der Waals surface area contributed by atoms with Crippen molar-refractivity contribution >= 4 is 0 Å². The molecule has 0 saturated heterocycles. The van der Waals surface area contributed by atoms with Crippen LogP contribution in [0.4, 0.5) is 0 Å². The van der Waals surface area contributed by atoms with Crippen LogP contribution in [0.15, 0.2) is 0 Å². The van der Waals surface area contributed by atoms with Crippen molar-refractivity contribution in [3.8, 4) is 0 Å². The number of hydrogen-bond donors (Lipinski definition) is 5. The zero-order valence-corrected chi connectivity index (χ0v) is 9.86. The van der Waals surface area contributed by atoms with Crippen molar-refractivity contribution in [2.24, 2.45) is 0 Å². The van der Waals surface area contributed by atoms with Gasteiger partial charge in [0.2, 0.25) is 0 Å². The summed E-state index contributed by atoms with van der Waals surface area (Å²) in [4.78, 5) is 2.01. The van der Waals surface area contributed by atoms with Crippen molar-refractivity contribution in [3.63, 3.8) is 0 Å². The van der Waals surface area contributed by atoms with Gasteiger partial charge in [0, 0.05) is 45.8 Å². The minimum absolute atomic E-state index is 0.123. The quantitative estimate of drug-likeness (QED) is 0.239. The van der Waals surface area contributed by atoms with Crippen molar-refractivity contribution in [3.05, 3.63) is 0 Å². The molecule has 6 nitrogen and oxygen atoms in total. The van der Waals surface area contributed by atoms with Crippen LogP contribution in [0.1, 0.15) is 0 Å². The molecule has 6 heteroatoms. The molecule has 0 aliphatic rings. The second kappa shape index (κ2) is 12.8. The largest absolute Gasteiger partial charge is 0.395 e. The summed E-state index contributed by atoms with van der Waals surface area (Å²) in [5, 5.41) is 32.4. The number of nitrogens with one attached hydrogen (secondary N) is 2. The van der Waals surface area contributed by atoms with Crippen LogP contribution in [0.2, 0.25) is 0 Å². The van der Waals surface area contributed by atoms with E-state index in [2.05, 4.69) is 10.6 Å². The Morgan fingerprint density at radius 3 is 1.69 bits per heavy atom. The highest BCUT2D eigenvalue weighted by Gasteiger charge is 2.01. The minimum Gasteiger partial charge on any atom is -0.395 e. The summed E-state index contributed by atoms with van der Waals surface area (Å²) in [5.74, 6) is 0. The Kier molecular flexibility index (Phi) is 12.6. The van der Waals surface area contributed by atoms with Crippen LogP contribution in [-0.2, 0) is 0 Å². The maximum absolute atomic E-state index is 8.79. The standard InChI is InChI=1S/C10H25N3O3/c14-8-4-12-2-1-11-3-5-13(6-9-15)7-10-16/h11-12,14-16H,1-10H2. The zero-order chi connectivity index (χ0) is 12.1. The molecule has 0 aromatic carbocycles. The number of nitrogens with zero attached hydrogens (tertiary/aromatic N) is 1. The monoisotopic (exact) mass is 235 g/mol. The molecule has 0 aliphatic heterocycles. The Bertz CT molecular complexity index is 132. The molecule has 0 unspecified atom stereocenters. The lowest BCUT2D eigenvalue weighted by atomic mass is 10.4. The second-order valence-electron chi connectivity index (χ2n) is 3.51. The highest BCUT2D eigenvalue weighted by molar-refractivity contribution is 4.59. The highest BCUT2D eigenvalue weighted by atomic mass is 16.3. The minimum atomic E-state index is 0.123. The van der Waals surface area contributed by atoms with Crippen LogP contribution >= 0.6 is 0 Å². The Morgan fingerprint density at radius 1 is 0.625 bits per heavy atom. The molecular formula is C10H25N3O3. The lowest BCUT2D eigenvalue weighted by Crippen LogP contribution is -2.38. The van der Waals surface area contributed by atoms with E-state index in [1.165, 1.54) is 0 Å². The maximum atomic E-state index is 8.79. The first-order chi connectivity index (χ1) is 7.85. The molecule has 0 rings (SSSR count). The first-order valence-corrected chi connectivity index (χ1v) is 5.81. The fourth-order valence-electron chi connectivity index (χ4n) is 1.36. The van der Waals surface area contributed by atoms with E-state index in [9.17, 15) is 0 Å². The summed E-state index contributed by atoms with van der Waals surface area (Å²) in [7, 11) is 0. The van der Waals surface area contributed by atoms with E-state index in [0.29, 0.717) is 19.6 Å². The number of hydrogen-bond acceptors (Lipinski definition) is 6. The van der Waals surface area contributed by atoms with E-state index in [4.69, 9.17) is 15.3 Å². The van der Waals surface area contributed by atoms with E-state index in [-0.39, 0.29) is 19.8 Å². The van der Waals surface area contributed by atoms with Gasteiger partial charge in [-0.2, -0.15) is 0 Å². The predicted octanol–water partition coefficient (Wildman–Crippen LogP) is -2.56. The third-order valence-electron chi connectivity index (χ3n) is 2.20. The average molecular weight is 235 g/mol. The van der Waals surface area contributed by atoms with Crippen LogP contribution in [-0.4, -0.2) is 85.9 Å². The molecule has 0 aromatic heterocycles. The van der Waals surface area contributed by atoms with Crippen LogP contribution in [0.3, 0.4) is 0 Å². The van der Waals surface area contributed by atoms with Crippen LogP contribution < -0.4 is 10.6 Å². The van der Waals surface area contributed by atoms with Gasteiger partial charge in [-0.15, -0.1) is 0 Å². The molecule has 5 N–H and O–H groups in total. The molecule has 0 amide bonds. The number of rotatable bonds is 12. The van der Waals surface area contributed by atoms with Crippen molar-refractivity contribution < 1.29 is 15.3 Å². The molecular weight excluding hydrogens is 210 g/mol. The Balaban J connectivity index is 3.25. The predicted molar refractivity (Wildman–Crippen MR) is 63.4 cm³/mol. The van der Waals surface area contributed by atoms with Crippen molar-refractivity contribution in [1.29, 1.82) is 0 Å². The fraction of sp³-hybridized carbons (Fsp3) is 1.00. The van der Waals surface area contributed by atoms with E-state index >= 15 is 0 Å². The molecule has 0 aliphatic carbocycles. The van der Waals surface area contributed by atoms with E-state index in [1.54, 1.807) is 0 Å². The Morgan fingerprint density at radius 2 is 1.19 bits per heavy atom. The van der Waals surface area contributed by atoms with Gasteiger partial charge in [-0.05, 0) is 0 Å². The molecule has 0 radical (unpaired) electrons. The van der Waals surface area contributed by atoms with Crippen LogP contribution in [0, 0.1) is 0 Å². The van der Waals surface area contributed by atoms with E-state index in [0.717, 1.165) is 26.2 Å². The number of aliphatic hydroxyl groups is 3. The van der Waals surface area contributed by atoms with Gasteiger partial charge in [0.05, 0.1) is 19.8 Å². The van der Waals surface area contributed by atoms with Gasteiger partial charge >= 0.3 is 0 Å². The lowest BCUT2D eigenvalue weighted by Gasteiger charge is -2.20. The van der Waals surface area contributed by atoms with Crippen molar-refractivity contribution in [1.82, 2.24) is 15.5 Å². The summed E-state index contributed by atoms with van der Waals surface area (Å²) in [6.07, 6.45) is 0. The van der Waals surface area contributed by atoms with Gasteiger partial charge in [0.15, 0.2) is 0 Å². The molecule has 0 spiro atoms. The SMILES string of the molecule is OCCNCCNCCN(CCO)CCO. The molecule has 98 valence electrons. The maximum Gasteiger partial charge on any atom is 0.0558 e. The van der Waals surface area contributed by atoms with Gasteiger partial charge in [-0.25, -0.2) is 0 Å². The third kappa shape index (κ3) is 10.3. The van der Waals surface area contributed by atoms with Crippen LogP contribution in [0.5, 0.6) is 0 Å². The summed E-state index contributed by atoms with van der Waals surface area (Å²) in [6.45, 7) is 5.59. The summed E-state index contributed by atoms with van der Waals surface area (Å²) in [6, 6.07) is 0. The van der Waals surface area contributed by atoms with E-state index < -0.39 is 0 Å². The fourth-order valence-corrected chi connectivity index (χ4v) is 1.36. The normalized spacial score (nSPS) is 11.2. The summed E-state index contributed by atoms with van der Waals surface area (Å²) < 4.78 is 0. The van der Waals surface area contributed by atoms with Gasteiger partial charge in [-0.1, -0.05) is 0 Å². The molecule has 0 aromatic rings. The van der Waals surface area contributed by atoms with Gasteiger partial charge in [0.1, 0.15) is 0 Å². The highest BCUT2D eigenvalue weighted by Crippen LogP contribution is 1.84. The summed E-state index contributed by atoms with van der Waals surface area (Å²) in [5.41, 5.74) is 0. The smallest absolute Gasteiger partial charge is 0.0558 e. The molecule has 0 heterocycles. The lowest BCUT2D eigenvalue weighted by molar-refractivity contribution is 0.161. The Hall–Kier alpha value is -0.240. The topological polar surface area (TPSA) is 88.0 Å². The van der Waals surface area contributed by atoms with Crippen molar-refractivity contribution in [2.75, 3.05) is 65.6 Å². The van der Waals surface area contributed by atoms with Gasteiger partial charge in [-0.3, -0.25) is 4.90 Å². The molecule has 16 heavy (non-hydrogen) atoms. The molecule has 0 saturated carbocycles.